The highest BCUT2D eigenvalue weighted by Gasteiger charge is 2.13. The fourth-order valence-electron chi connectivity index (χ4n) is 0.985. The number of rotatable bonds is 0. The molecule has 0 N–H and O–H groups in total. The van der Waals surface area contributed by atoms with Crippen LogP contribution in [0, 0.1) is 0 Å². The van der Waals surface area contributed by atoms with Crippen LogP contribution in [0.4, 0.5) is 0 Å². The van der Waals surface area contributed by atoms with Gasteiger partial charge in [0.15, 0.2) is 0 Å². The third kappa shape index (κ3) is 1.00. The molecule has 0 saturated carbocycles. The SMILES string of the molecule is CC1=C(C)C[P+](C)=C1. The van der Waals surface area contributed by atoms with Gasteiger partial charge in [-0.3, -0.25) is 0 Å². The van der Waals surface area contributed by atoms with E-state index in [2.05, 4.69) is 26.3 Å². The summed E-state index contributed by atoms with van der Waals surface area (Å²) in [7, 11) is 0.257. The Balaban J connectivity index is 2.79. The van der Waals surface area contributed by atoms with Gasteiger partial charge < -0.3 is 0 Å². The quantitative estimate of drug-likeness (QED) is 0.438. The van der Waals surface area contributed by atoms with Crippen molar-refractivity contribution in [2.45, 2.75) is 13.8 Å². The summed E-state index contributed by atoms with van der Waals surface area (Å²) in [6.07, 6.45) is 1.35. The molecule has 1 aliphatic rings. The Bertz CT molecular complexity index is 163. The molecule has 0 aliphatic carbocycles. The van der Waals surface area contributed by atoms with Gasteiger partial charge >= 0.3 is 0 Å². The van der Waals surface area contributed by atoms with Crippen molar-refractivity contribution >= 4 is 13.3 Å². The largest absolute Gasteiger partial charge is 0.127 e. The van der Waals surface area contributed by atoms with Crippen LogP contribution in [0.3, 0.4) is 0 Å². The van der Waals surface area contributed by atoms with E-state index in [9.17, 15) is 0 Å². The smallest absolute Gasteiger partial charge is 0.0392 e. The second-order valence-corrected chi connectivity index (χ2v) is 4.60. The highest BCUT2D eigenvalue weighted by molar-refractivity contribution is 7.57. The molecular formula is C7H12P+. The van der Waals surface area contributed by atoms with E-state index < -0.39 is 0 Å². The highest BCUT2D eigenvalue weighted by atomic mass is 31.1. The summed E-state index contributed by atoms with van der Waals surface area (Å²) in [6, 6.07) is 0. The molecule has 44 valence electrons. The van der Waals surface area contributed by atoms with Gasteiger partial charge in [0.25, 0.3) is 0 Å². The number of allylic oxidation sites excluding steroid dienone is 2. The fourth-order valence-corrected chi connectivity index (χ4v) is 2.96. The Labute approximate surface area is 52.0 Å². The molecule has 0 saturated heterocycles. The zero-order chi connectivity index (χ0) is 6.15. The van der Waals surface area contributed by atoms with Crippen molar-refractivity contribution in [2.24, 2.45) is 0 Å². The van der Waals surface area contributed by atoms with Crippen LogP contribution in [-0.4, -0.2) is 18.6 Å². The highest BCUT2D eigenvalue weighted by Crippen LogP contribution is 2.28. The van der Waals surface area contributed by atoms with E-state index in [0.717, 1.165) is 0 Å². The lowest BCUT2D eigenvalue weighted by Crippen LogP contribution is -1.76. The van der Waals surface area contributed by atoms with Crippen molar-refractivity contribution in [1.82, 2.24) is 0 Å². The maximum Gasteiger partial charge on any atom is 0.127 e. The first-order chi connectivity index (χ1) is 3.70. The lowest BCUT2D eigenvalue weighted by Gasteiger charge is -1.83. The molecule has 0 radical (unpaired) electrons. The zero-order valence-electron chi connectivity index (χ0n) is 5.73. The summed E-state index contributed by atoms with van der Waals surface area (Å²) in [4.78, 5) is 0. The average Bonchev–Trinajstić information content (AvgIpc) is 1.85. The van der Waals surface area contributed by atoms with Gasteiger partial charge in [-0.05, 0) is 25.0 Å². The first-order valence-electron chi connectivity index (χ1n) is 2.91. The van der Waals surface area contributed by atoms with Gasteiger partial charge in [0, 0.05) is 0 Å². The second kappa shape index (κ2) is 2.03. The summed E-state index contributed by atoms with van der Waals surface area (Å²) in [6.45, 7) is 6.77. The van der Waals surface area contributed by atoms with Crippen molar-refractivity contribution in [3.8, 4) is 0 Å². The summed E-state index contributed by atoms with van der Waals surface area (Å²) in [5.41, 5.74) is 3.12. The molecule has 1 rings (SSSR count). The first-order valence-corrected chi connectivity index (χ1v) is 4.96. The van der Waals surface area contributed by atoms with E-state index in [0.29, 0.717) is 0 Å². The Morgan fingerprint density at radius 2 is 2.12 bits per heavy atom. The molecule has 0 spiro atoms. The predicted octanol–water partition coefficient (Wildman–Crippen LogP) is 2.25. The summed E-state index contributed by atoms with van der Waals surface area (Å²) < 4.78 is 0. The van der Waals surface area contributed by atoms with Crippen LogP contribution in [0.1, 0.15) is 13.8 Å². The van der Waals surface area contributed by atoms with Crippen LogP contribution in [0.25, 0.3) is 0 Å². The maximum absolute atomic E-state index is 2.41. The molecule has 1 atom stereocenters. The molecule has 0 fully saturated rings. The van der Waals surface area contributed by atoms with Gasteiger partial charge in [-0.15, -0.1) is 0 Å². The summed E-state index contributed by atoms with van der Waals surface area (Å²) in [5, 5.41) is 0. The molecule has 0 nitrogen and oxygen atoms in total. The molecule has 0 aromatic heterocycles. The van der Waals surface area contributed by atoms with E-state index in [4.69, 9.17) is 0 Å². The molecule has 1 aliphatic heterocycles. The summed E-state index contributed by atoms with van der Waals surface area (Å²) >= 11 is 0. The van der Waals surface area contributed by atoms with E-state index in [1.807, 2.05) is 0 Å². The van der Waals surface area contributed by atoms with Crippen molar-refractivity contribution in [1.29, 1.82) is 0 Å². The molecule has 0 aromatic rings. The zero-order valence-corrected chi connectivity index (χ0v) is 6.63. The number of hydrogen-bond donors (Lipinski definition) is 0. The van der Waals surface area contributed by atoms with Crippen LogP contribution >= 0.6 is 7.55 Å². The standard InChI is InChI=1S/C7H12P/c1-6-4-8(3)5-7(6)2/h4H,5H2,1-3H3/q+1. The molecular weight excluding hydrogens is 115 g/mol. The third-order valence-corrected chi connectivity index (χ3v) is 3.37. The molecule has 0 amide bonds. The lowest BCUT2D eigenvalue weighted by atomic mass is 10.2. The Morgan fingerprint density at radius 3 is 2.25 bits per heavy atom. The van der Waals surface area contributed by atoms with Crippen LogP contribution in [0.2, 0.25) is 0 Å². The minimum atomic E-state index is 0.257. The van der Waals surface area contributed by atoms with Crippen molar-refractivity contribution < 1.29 is 0 Å². The second-order valence-electron chi connectivity index (χ2n) is 2.51. The first kappa shape index (κ1) is 6.04. The van der Waals surface area contributed by atoms with Crippen LogP contribution < -0.4 is 0 Å². The lowest BCUT2D eigenvalue weighted by molar-refractivity contribution is 1.35. The predicted molar refractivity (Wildman–Crippen MR) is 42.1 cm³/mol. The van der Waals surface area contributed by atoms with Gasteiger partial charge in [0.2, 0.25) is 0 Å². The van der Waals surface area contributed by atoms with E-state index in [-0.39, 0.29) is 7.55 Å². The Morgan fingerprint density at radius 1 is 1.50 bits per heavy atom. The maximum atomic E-state index is 2.41. The van der Waals surface area contributed by atoms with Crippen LogP contribution in [-0.2, 0) is 0 Å². The van der Waals surface area contributed by atoms with Crippen molar-refractivity contribution in [2.75, 3.05) is 12.8 Å². The minimum absolute atomic E-state index is 0.257. The van der Waals surface area contributed by atoms with Gasteiger partial charge in [0.1, 0.15) is 12.0 Å². The van der Waals surface area contributed by atoms with E-state index >= 15 is 0 Å². The van der Waals surface area contributed by atoms with E-state index in [1.165, 1.54) is 11.7 Å². The van der Waals surface area contributed by atoms with Gasteiger partial charge in [-0.2, -0.15) is 0 Å². The third-order valence-electron chi connectivity index (χ3n) is 1.57. The van der Waals surface area contributed by atoms with Crippen molar-refractivity contribution in [3.63, 3.8) is 0 Å². The molecule has 1 heteroatoms. The Hall–Kier alpha value is -0.0900. The monoisotopic (exact) mass is 127 g/mol. The van der Waals surface area contributed by atoms with E-state index in [1.54, 1.807) is 5.57 Å². The fraction of sp³-hybridized carbons (Fsp3) is 0.571. The molecule has 8 heavy (non-hydrogen) atoms. The number of hydrogen-bond acceptors (Lipinski definition) is 0. The van der Waals surface area contributed by atoms with Gasteiger partial charge in [-0.25, -0.2) is 0 Å². The van der Waals surface area contributed by atoms with Crippen LogP contribution in [0.5, 0.6) is 0 Å². The average molecular weight is 127 g/mol. The molecule has 1 unspecified atom stereocenters. The van der Waals surface area contributed by atoms with Crippen LogP contribution in [0.15, 0.2) is 11.1 Å². The summed E-state index contributed by atoms with van der Waals surface area (Å²) in [5.74, 6) is 2.41. The van der Waals surface area contributed by atoms with Gasteiger partial charge in [0.05, 0.1) is 14.2 Å². The topological polar surface area (TPSA) is 0 Å². The molecule has 1 heterocycles. The minimum Gasteiger partial charge on any atom is -0.0392 e. The normalized spacial score (nSPS) is 24.1. The van der Waals surface area contributed by atoms with Crippen molar-refractivity contribution in [3.05, 3.63) is 11.1 Å². The van der Waals surface area contributed by atoms with Gasteiger partial charge in [-0.1, -0.05) is 0 Å². The molecule has 0 aromatic carbocycles. The Kier molecular flexibility index (Phi) is 1.53. The molecule has 0 bridgehead atoms.